The summed E-state index contributed by atoms with van der Waals surface area (Å²) >= 11 is 0. The summed E-state index contributed by atoms with van der Waals surface area (Å²) in [5.74, 6) is -3.61. The molecule has 136 valence electrons. The molecule has 2 heterocycles. The maximum Gasteiger partial charge on any atom is 0.375 e. The largest absolute Gasteiger partial charge is 0.475 e. The molecule has 0 spiro atoms. The van der Waals surface area contributed by atoms with Crippen LogP contribution in [0.2, 0.25) is 0 Å². The number of carboxylic acid groups (broad SMARTS) is 1. The van der Waals surface area contributed by atoms with Crippen molar-refractivity contribution < 1.29 is 29.0 Å². The smallest absolute Gasteiger partial charge is 0.375 e. The van der Waals surface area contributed by atoms with Gasteiger partial charge in [-0.1, -0.05) is 12.1 Å². The Morgan fingerprint density at radius 3 is 1.77 bits per heavy atom. The first kappa shape index (κ1) is 20.6. The van der Waals surface area contributed by atoms with E-state index in [1.807, 2.05) is 0 Å². The van der Waals surface area contributed by atoms with Gasteiger partial charge in [0.15, 0.2) is 0 Å². The van der Waals surface area contributed by atoms with Crippen molar-refractivity contribution in [2.24, 2.45) is 0 Å². The van der Waals surface area contributed by atoms with Gasteiger partial charge in [0.25, 0.3) is 0 Å². The van der Waals surface area contributed by atoms with Gasteiger partial charge >= 0.3 is 11.9 Å². The Bertz CT molecular complexity index is 747. The number of carbonyl (C=O) groups is 4. The van der Waals surface area contributed by atoms with Crippen LogP contribution >= 0.6 is 0 Å². The van der Waals surface area contributed by atoms with E-state index in [-0.39, 0.29) is 19.4 Å². The van der Waals surface area contributed by atoms with Crippen LogP contribution in [0.1, 0.15) is 18.3 Å². The number of esters is 1. The molecule has 0 aliphatic heterocycles. The molecule has 0 amide bonds. The molecule has 0 aromatic carbocycles. The summed E-state index contributed by atoms with van der Waals surface area (Å²) in [6.07, 6.45) is 2.95. The number of carbonyl (C=O) groups excluding carboxylic acids is 3. The molecule has 2 aromatic rings. The second kappa shape index (κ2) is 11.2. The second-order valence-corrected chi connectivity index (χ2v) is 4.87. The molecule has 0 radical (unpaired) electrons. The van der Waals surface area contributed by atoms with Crippen molar-refractivity contribution in [1.29, 1.82) is 0 Å². The van der Waals surface area contributed by atoms with E-state index in [0.29, 0.717) is 11.4 Å². The number of aliphatic carboxylic acids is 1. The summed E-state index contributed by atoms with van der Waals surface area (Å²) in [6.45, 7) is 1.87. The first-order valence-electron chi connectivity index (χ1n) is 7.70. The zero-order valence-corrected chi connectivity index (χ0v) is 14.1. The minimum atomic E-state index is -1.42. The van der Waals surface area contributed by atoms with Gasteiger partial charge in [0, 0.05) is 23.8 Å². The number of pyridine rings is 2. The molecular weight excluding hydrogens is 340 g/mol. The van der Waals surface area contributed by atoms with Crippen molar-refractivity contribution in [1.82, 2.24) is 9.97 Å². The maximum absolute atomic E-state index is 11.2. The third kappa shape index (κ3) is 7.91. The number of hydrogen-bond acceptors (Lipinski definition) is 7. The zero-order valence-electron chi connectivity index (χ0n) is 14.1. The van der Waals surface area contributed by atoms with E-state index in [0.717, 1.165) is 0 Å². The molecule has 0 aliphatic carbocycles. The van der Waals surface area contributed by atoms with Gasteiger partial charge in [-0.15, -0.1) is 0 Å². The fourth-order valence-corrected chi connectivity index (χ4v) is 1.69. The summed E-state index contributed by atoms with van der Waals surface area (Å²) in [5.41, 5.74) is 1.05. The number of hydrogen-bond donors (Lipinski definition) is 1. The summed E-state index contributed by atoms with van der Waals surface area (Å²) in [4.78, 5) is 50.7. The predicted octanol–water partition coefficient (Wildman–Crippen LogP) is 1.03. The molecule has 0 saturated heterocycles. The third-order valence-corrected chi connectivity index (χ3v) is 2.88. The van der Waals surface area contributed by atoms with E-state index in [1.54, 1.807) is 49.5 Å². The third-order valence-electron chi connectivity index (χ3n) is 2.88. The molecule has 0 aliphatic rings. The number of rotatable bonds is 7. The lowest BCUT2D eigenvalue weighted by atomic mass is 10.2. The van der Waals surface area contributed by atoms with Crippen LogP contribution in [0.3, 0.4) is 0 Å². The van der Waals surface area contributed by atoms with Crippen LogP contribution < -0.4 is 0 Å². The Balaban J connectivity index is 0.000000263. The van der Waals surface area contributed by atoms with Crippen LogP contribution in [0.4, 0.5) is 0 Å². The lowest BCUT2D eigenvalue weighted by Crippen LogP contribution is -2.19. The highest BCUT2D eigenvalue weighted by molar-refractivity contribution is 6.34. The summed E-state index contributed by atoms with van der Waals surface area (Å²) in [7, 11) is 0. The van der Waals surface area contributed by atoms with Crippen molar-refractivity contribution in [2.45, 2.75) is 19.8 Å². The van der Waals surface area contributed by atoms with Gasteiger partial charge in [0.2, 0.25) is 11.6 Å². The van der Waals surface area contributed by atoms with E-state index < -0.39 is 23.5 Å². The Morgan fingerprint density at radius 2 is 1.38 bits per heavy atom. The van der Waals surface area contributed by atoms with Gasteiger partial charge < -0.3 is 9.84 Å². The second-order valence-electron chi connectivity index (χ2n) is 4.87. The molecule has 2 rings (SSSR count). The zero-order chi connectivity index (χ0) is 19.4. The van der Waals surface area contributed by atoms with Crippen LogP contribution in [0.15, 0.2) is 48.8 Å². The van der Waals surface area contributed by atoms with Crippen LogP contribution in [-0.2, 0) is 36.8 Å². The standard InChI is InChI=1S/C10H11NO3.C8H7NO3/c1-2-14-10(13)9(12)7-8-5-3-4-6-11-8;10-7(8(11)12)5-6-3-1-2-4-9-6/h3-6H,2,7H2,1H3;1-4H,5H2,(H,11,12). The molecule has 0 saturated carbocycles. The number of carboxylic acids is 1. The normalized spacial score (nSPS) is 9.42. The highest BCUT2D eigenvalue weighted by atomic mass is 16.5. The highest BCUT2D eigenvalue weighted by Crippen LogP contribution is 1.97. The molecule has 8 heteroatoms. The molecule has 1 N–H and O–H groups in total. The van der Waals surface area contributed by atoms with E-state index in [1.165, 1.54) is 6.20 Å². The molecule has 8 nitrogen and oxygen atoms in total. The quantitative estimate of drug-likeness (QED) is 0.575. The summed E-state index contributed by atoms with van der Waals surface area (Å²) in [5, 5.41) is 8.27. The van der Waals surface area contributed by atoms with Crippen molar-refractivity contribution >= 4 is 23.5 Å². The maximum atomic E-state index is 11.2. The molecule has 0 unspecified atom stereocenters. The van der Waals surface area contributed by atoms with Gasteiger partial charge in [-0.2, -0.15) is 0 Å². The number of Topliss-reactive ketones (excluding diaryl/α,β-unsaturated/α-hetero) is 2. The molecule has 0 bridgehead atoms. The van der Waals surface area contributed by atoms with Gasteiger partial charge in [-0.05, 0) is 31.2 Å². The molecule has 2 aromatic heterocycles. The van der Waals surface area contributed by atoms with E-state index in [9.17, 15) is 19.2 Å². The molecular formula is C18H18N2O6. The van der Waals surface area contributed by atoms with E-state index >= 15 is 0 Å². The predicted molar refractivity (Wildman–Crippen MR) is 90.2 cm³/mol. The number of aromatic nitrogens is 2. The van der Waals surface area contributed by atoms with Gasteiger partial charge in [0.05, 0.1) is 19.4 Å². The van der Waals surface area contributed by atoms with Crippen LogP contribution in [0.5, 0.6) is 0 Å². The van der Waals surface area contributed by atoms with Crippen molar-refractivity contribution in [2.75, 3.05) is 6.61 Å². The number of nitrogens with zero attached hydrogens (tertiary/aromatic N) is 2. The van der Waals surface area contributed by atoms with Gasteiger partial charge in [-0.3, -0.25) is 19.6 Å². The topological polar surface area (TPSA) is 124 Å². The average Bonchev–Trinajstić information content (AvgIpc) is 2.64. The lowest BCUT2D eigenvalue weighted by molar-refractivity contribution is -0.153. The van der Waals surface area contributed by atoms with Crippen molar-refractivity contribution in [3.63, 3.8) is 0 Å². The first-order chi connectivity index (χ1) is 12.4. The van der Waals surface area contributed by atoms with Gasteiger partial charge in [0.1, 0.15) is 0 Å². The monoisotopic (exact) mass is 358 g/mol. The Morgan fingerprint density at radius 1 is 0.885 bits per heavy atom. The minimum absolute atomic E-state index is 0.000324. The highest BCUT2D eigenvalue weighted by Gasteiger charge is 2.15. The summed E-state index contributed by atoms with van der Waals surface area (Å²) < 4.78 is 4.56. The number of ketones is 2. The molecule has 0 atom stereocenters. The Labute approximate surface area is 149 Å². The van der Waals surface area contributed by atoms with Gasteiger partial charge in [-0.25, -0.2) is 9.59 Å². The van der Waals surface area contributed by atoms with Crippen LogP contribution in [-0.4, -0.2) is 45.2 Å². The lowest BCUT2D eigenvalue weighted by Gasteiger charge is -1.99. The van der Waals surface area contributed by atoms with Crippen LogP contribution in [0.25, 0.3) is 0 Å². The number of ether oxygens (including phenoxy) is 1. The van der Waals surface area contributed by atoms with Crippen molar-refractivity contribution in [3.05, 3.63) is 60.2 Å². The summed E-state index contributed by atoms with van der Waals surface area (Å²) in [6, 6.07) is 10.2. The van der Waals surface area contributed by atoms with Crippen LogP contribution in [0, 0.1) is 0 Å². The minimum Gasteiger partial charge on any atom is -0.475 e. The average molecular weight is 358 g/mol. The SMILES string of the molecule is CCOC(=O)C(=O)Cc1ccccn1.O=C(O)C(=O)Cc1ccccn1. The first-order valence-corrected chi connectivity index (χ1v) is 7.70. The fraction of sp³-hybridized carbons (Fsp3) is 0.222. The van der Waals surface area contributed by atoms with E-state index in [2.05, 4.69) is 14.7 Å². The van der Waals surface area contributed by atoms with E-state index in [4.69, 9.17) is 5.11 Å². The molecule has 0 fully saturated rings. The van der Waals surface area contributed by atoms with Crippen molar-refractivity contribution in [3.8, 4) is 0 Å². The Hall–Kier alpha value is -3.42. The fourth-order valence-electron chi connectivity index (χ4n) is 1.69. The Kier molecular flexibility index (Phi) is 8.88. The molecule has 26 heavy (non-hydrogen) atoms.